The van der Waals surface area contributed by atoms with E-state index in [1.54, 1.807) is 0 Å². The molecule has 112 valence electrons. The average molecular weight is 288 g/mol. The van der Waals surface area contributed by atoms with Gasteiger partial charge in [-0.25, -0.2) is 0 Å². The minimum Gasteiger partial charge on any atom is -0.381 e. The van der Waals surface area contributed by atoms with Crippen LogP contribution < -0.4 is 11.1 Å². The first-order valence-corrected chi connectivity index (χ1v) is 8.20. The molecule has 1 heterocycles. The number of nitrogens with two attached hydrogens (primary N) is 1. The van der Waals surface area contributed by atoms with Crippen LogP contribution in [-0.4, -0.2) is 41.7 Å². The van der Waals surface area contributed by atoms with Gasteiger partial charge in [-0.2, -0.15) is 11.8 Å². The van der Waals surface area contributed by atoms with Crippen LogP contribution in [0, 0.1) is 0 Å². The van der Waals surface area contributed by atoms with Crippen molar-refractivity contribution in [3.63, 3.8) is 0 Å². The SMILES string of the molecule is CCCNC(C)(CC(C)SC1CCOCC1)C(N)=O. The lowest BCUT2D eigenvalue weighted by atomic mass is 9.95. The summed E-state index contributed by atoms with van der Waals surface area (Å²) in [4.78, 5) is 11.7. The number of carbonyl (C=O) groups is 1. The van der Waals surface area contributed by atoms with Gasteiger partial charge < -0.3 is 15.8 Å². The summed E-state index contributed by atoms with van der Waals surface area (Å²) in [6, 6.07) is 0. The summed E-state index contributed by atoms with van der Waals surface area (Å²) in [5.74, 6) is -0.250. The Bertz CT molecular complexity index is 283. The molecule has 1 rings (SSSR count). The standard InChI is InChI=1S/C14H28N2O2S/c1-4-7-16-14(3,13(15)17)10-11(2)19-12-5-8-18-9-6-12/h11-12,16H,4-10H2,1-3H3,(H2,15,17). The minimum atomic E-state index is -0.590. The van der Waals surface area contributed by atoms with E-state index in [4.69, 9.17) is 10.5 Å². The summed E-state index contributed by atoms with van der Waals surface area (Å²) in [5, 5.41) is 4.38. The second kappa shape index (κ2) is 8.12. The Morgan fingerprint density at radius 3 is 2.68 bits per heavy atom. The summed E-state index contributed by atoms with van der Waals surface area (Å²) in [5.41, 5.74) is 4.97. The number of hydrogen-bond donors (Lipinski definition) is 2. The van der Waals surface area contributed by atoms with E-state index in [9.17, 15) is 4.79 Å². The quantitative estimate of drug-likeness (QED) is 0.716. The van der Waals surface area contributed by atoms with E-state index in [2.05, 4.69) is 19.2 Å². The van der Waals surface area contributed by atoms with Crippen molar-refractivity contribution >= 4 is 17.7 Å². The van der Waals surface area contributed by atoms with Crippen LogP contribution in [0.3, 0.4) is 0 Å². The number of hydrogen-bond acceptors (Lipinski definition) is 4. The van der Waals surface area contributed by atoms with E-state index < -0.39 is 5.54 Å². The Morgan fingerprint density at radius 2 is 2.16 bits per heavy atom. The van der Waals surface area contributed by atoms with Gasteiger partial charge in [-0.05, 0) is 39.2 Å². The molecule has 1 fully saturated rings. The molecule has 0 aromatic heterocycles. The molecule has 2 atom stereocenters. The highest BCUT2D eigenvalue weighted by Gasteiger charge is 2.33. The molecule has 2 unspecified atom stereocenters. The number of primary amides is 1. The summed E-state index contributed by atoms with van der Waals surface area (Å²) in [6.45, 7) is 8.76. The third-order valence-electron chi connectivity index (χ3n) is 3.60. The molecule has 4 nitrogen and oxygen atoms in total. The molecule has 19 heavy (non-hydrogen) atoms. The highest BCUT2D eigenvalue weighted by Crippen LogP contribution is 2.30. The van der Waals surface area contributed by atoms with Crippen LogP contribution in [0.1, 0.15) is 46.5 Å². The summed E-state index contributed by atoms with van der Waals surface area (Å²) >= 11 is 1.97. The number of amides is 1. The second-order valence-corrected chi connectivity index (χ2v) is 7.33. The largest absolute Gasteiger partial charge is 0.381 e. The molecular formula is C14H28N2O2S. The third kappa shape index (κ3) is 5.71. The van der Waals surface area contributed by atoms with Crippen LogP contribution in [0.4, 0.5) is 0 Å². The lowest BCUT2D eigenvalue weighted by Crippen LogP contribution is -2.54. The number of ether oxygens (including phenoxy) is 1. The number of thioether (sulfide) groups is 1. The molecule has 0 radical (unpaired) electrons. The van der Waals surface area contributed by atoms with E-state index in [-0.39, 0.29) is 5.91 Å². The highest BCUT2D eigenvalue weighted by molar-refractivity contribution is 8.00. The molecule has 1 aliphatic rings. The molecule has 0 aromatic carbocycles. The maximum atomic E-state index is 11.7. The molecule has 1 amide bonds. The fourth-order valence-electron chi connectivity index (χ4n) is 2.42. The van der Waals surface area contributed by atoms with E-state index in [1.165, 1.54) is 0 Å². The zero-order valence-electron chi connectivity index (χ0n) is 12.4. The maximum absolute atomic E-state index is 11.7. The van der Waals surface area contributed by atoms with Crippen molar-refractivity contribution in [2.75, 3.05) is 19.8 Å². The Morgan fingerprint density at radius 1 is 1.53 bits per heavy atom. The Balaban J connectivity index is 2.45. The fourth-order valence-corrected chi connectivity index (χ4v) is 3.98. The molecule has 0 spiro atoms. The third-order valence-corrected chi connectivity index (χ3v) is 5.09. The Labute approximate surface area is 121 Å². The first-order valence-electron chi connectivity index (χ1n) is 7.26. The zero-order valence-corrected chi connectivity index (χ0v) is 13.2. The van der Waals surface area contributed by atoms with Gasteiger partial charge in [-0.15, -0.1) is 0 Å². The van der Waals surface area contributed by atoms with E-state index in [0.29, 0.717) is 10.5 Å². The number of rotatable bonds is 8. The first-order chi connectivity index (χ1) is 8.98. The van der Waals surface area contributed by atoms with Gasteiger partial charge in [-0.3, -0.25) is 4.79 Å². The molecule has 1 aliphatic heterocycles. The van der Waals surface area contributed by atoms with Crippen molar-refractivity contribution in [1.29, 1.82) is 0 Å². The van der Waals surface area contributed by atoms with Crippen molar-refractivity contribution in [2.24, 2.45) is 5.73 Å². The summed E-state index contributed by atoms with van der Waals surface area (Å²) < 4.78 is 5.37. The maximum Gasteiger partial charge on any atom is 0.237 e. The van der Waals surface area contributed by atoms with Crippen molar-refractivity contribution in [3.05, 3.63) is 0 Å². The molecule has 0 aliphatic carbocycles. The van der Waals surface area contributed by atoms with Gasteiger partial charge in [0.2, 0.25) is 5.91 Å². The molecule has 3 N–H and O–H groups in total. The van der Waals surface area contributed by atoms with Gasteiger partial charge in [0, 0.05) is 23.7 Å². The van der Waals surface area contributed by atoms with Gasteiger partial charge in [-0.1, -0.05) is 13.8 Å². The predicted molar refractivity (Wildman–Crippen MR) is 81.4 cm³/mol. The number of nitrogens with one attached hydrogen (secondary N) is 1. The minimum absolute atomic E-state index is 0.250. The van der Waals surface area contributed by atoms with Gasteiger partial charge in [0.25, 0.3) is 0 Å². The van der Waals surface area contributed by atoms with Crippen LogP contribution in [0.25, 0.3) is 0 Å². The van der Waals surface area contributed by atoms with E-state index >= 15 is 0 Å². The van der Waals surface area contributed by atoms with Crippen LogP contribution >= 0.6 is 11.8 Å². The average Bonchev–Trinajstić information content (AvgIpc) is 2.37. The van der Waals surface area contributed by atoms with Crippen molar-refractivity contribution in [2.45, 2.75) is 62.5 Å². The molecule has 0 saturated carbocycles. The summed E-state index contributed by atoms with van der Waals surface area (Å²) in [6.07, 6.45) is 4.02. The zero-order chi connectivity index (χ0) is 14.3. The molecular weight excluding hydrogens is 260 g/mol. The Hall–Kier alpha value is -0.260. The van der Waals surface area contributed by atoms with Crippen LogP contribution in [-0.2, 0) is 9.53 Å². The van der Waals surface area contributed by atoms with Crippen LogP contribution in [0.2, 0.25) is 0 Å². The highest BCUT2D eigenvalue weighted by atomic mass is 32.2. The van der Waals surface area contributed by atoms with Gasteiger partial charge in [0.05, 0.1) is 5.54 Å². The topological polar surface area (TPSA) is 64.3 Å². The lowest BCUT2D eigenvalue weighted by molar-refractivity contribution is -0.124. The monoisotopic (exact) mass is 288 g/mol. The van der Waals surface area contributed by atoms with E-state index in [0.717, 1.165) is 45.4 Å². The van der Waals surface area contributed by atoms with Gasteiger partial charge in [0.15, 0.2) is 0 Å². The predicted octanol–water partition coefficient (Wildman–Crippen LogP) is 1.92. The smallest absolute Gasteiger partial charge is 0.237 e. The fraction of sp³-hybridized carbons (Fsp3) is 0.929. The van der Waals surface area contributed by atoms with Gasteiger partial charge >= 0.3 is 0 Å². The second-order valence-electron chi connectivity index (χ2n) is 5.59. The van der Waals surface area contributed by atoms with Crippen LogP contribution in [0.15, 0.2) is 0 Å². The lowest BCUT2D eigenvalue weighted by Gasteiger charge is -2.32. The van der Waals surface area contributed by atoms with Crippen molar-refractivity contribution < 1.29 is 9.53 Å². The number of carbonyl (C=O) groups excluding carboxylic acids is 1. The summed E-state index contributed by atoms with van der Waals surface area (Å²) in [7, 11) is 0. The first kappa shape index (κ1) is 16.8. The van der Waals surface area contributed by atoms with Gasteiger partial charge in [0.1, 0.15) is 0 Å². The van der Waals surface area contributed by atoms with Crippen molar-refractivity contribution in [3.8, 4) is 0 Å². The molecule has 0 bridgehead atoms. The normalized spacial score (nSPS) is 21.8. The van der Waals surface area contributed by atoms with E-state index in [1.807, 2.05) is 18.7 Å². The Kier molecular flexibility index (Phi) is 7.18. The van der Waals surface area contributed by atoms with Crippen molar-refractivity contribution in [1.82, 2.24) is 5.32 Å². The molecule has 1 saturated heterocycles. The molecule has 5 heteroatoms. The molecule has 0 aromatic rings. The van der Waals surface area contributed by atoms with Crippen LogP contribution in [0.5, 0.6) is 0 Å².